The molecule has 0 saturated carbocycles. The first-order valence-electron chi connectivity index (χ1n) is 11.6. The fourth-order valence-electron chi connectivity index (χ4n) is 5.24. The van der Waals surface area contributed by atoms with Crippen LogP contribution in [0.3, 0.4) is 0 Å². The molecular weight excluding hydrogens is 480 g/mol. The number of nitrogens with zero attached hydrogens (tertiary/aromatic N) is 2. The summed E-state index contributed by atoms with van der Waals surface area (Å²) in [5.74, 6) is -0.763. The topological polar surface area (TPSA) is 93.2 Å². The number of anilines is 1. The van der Waals surface area contributed by atoms with E-state index in [4.69, 9.17) is 9.47 Å². The molecule has 0 N–H and O–H groups in total. The summed E-state index contributed by atoms with van der Waals surface area (Å²) >= 11 is 0. The summed E-state index contributed by atoms with van der Waals surface area (Å²) in [6.07, 6.45) is -1.89. The molecule has 2 aliphatic heterocycles. The summed E-state index contributed by atoms with van der Waals surface area (Å²) < 4.78 is 42.0. The van der Waals surface area contributed by atoms with E-state index in [1.54, 1.807) is 48.5 Å². The van der Waals surface area contributed by atoms with Gasteiger partial charge in [0.1, 0.15) is 5.54 Å². The van der Waals surface area contributed by atoms with Gasteiger partial charge in [0.25, 0.3) is 0 Å². The second-order valence-corrected chi connectivity index (χ2v) is 10.6. The molecule has 2 heterocycles. The summed E-state index contributed by atoms with van der Waals surface area (Å²) in [6, 6.07) is 24.4. The van der Waals surface area contributed by atoms with Gasteiger partial charge in [0.2, 0.25) is 15.9 Å². The fourth-order valence-corrected chi connectivity index (χ4v) is 7.10. The van der Waals surface area contributed by atoms with Gasteiger partial charge in [-0.2, -0.15) is 4.31 Å². The number of para-hydroxylation sites is 1. The second-order valence-electron chi connectivity index (χ2n) is 8.79. The summed E-state index contributed by atoms with van der Waals surface area (Å²) in [6.45, 7) is 2.67. The molecule has 1 fully saturated rings. The molecule has 3 aromatic carbocycles. The molecule has 3 aromatic rings. The number of rotatable bonds is 6. The van der Waals surface area contributed by atoms with Crippen LogP contribution in [0.25, 0.3) is 0 Å². The Hall–Kier alpha value is -3.53. The van der Waals surface area contributed by atoms with Crippen LogP contribution in [0.15, 0.2) is 89.8 Å². The van der Waals surface area contributed by atoms with Crippen molar-refractivity contribution in [3.63, 3.8) is 0 Å². The molecular formula is C27H26N2O6S. The van der Waals surface area contributed by atoms with Crippen molar-refractivity contribution < 1.29 is 27.5 Å². The highest BCUT2D eigenvalue weighted by Crippen LogP contribution is 2.59. The van der Waals surface area contributed by atoms with E-state index < -0.39 is 34.0 Å². The molecule has 1 amide bonds. The minimum atomic E-state index is -4.16. The summed E-state index contributed by atoms with van der Waals surface area (Å²) in [7, 11) is -4.16. The SMILES string of the molecule is CC(=O)OCC[C@]12c3ccccc3N(C(C)=O)[C@H]1OC(c1ccccc1)N2S(=O)(=O)c1ccccc1. The number of carbonyl (C=O) groups is 2. The Morgan fingerprint density at radius 2 is 1.53 bits per heavy atom. The number of esters is 1. The maximum absolute atomic E-state index is 14.4. The van der Waals surface area contributed by atoms with Crippen molar-refractivity contribution in [3.05, 3.63) is 96.1 Å². The Kier molecular flexibility index (Phi) is 6.15. The third kappa shape index (κ3) is 3.71. The Bertz CT molecular complexity index is 1400. The third-order valence-corrected chi connectivity index (χ3v) is 8.55. The lowest BCUT2D eigenvalue weighted by atomic mass is 9.87. The zero-order valence-electron chi connectivity index (χ0n) is 19.9. The van der Waals surface area contributed by atoms with Gasteiger partial charge in [-0.05, 0) is 23.8 Å². The van der Waals surface area contributed by atoms with Gasteiger partial charge in [0, 0.05) is 25.8 Å². The Morgan fingerprint density at radius 1 is 0.917 bits per heavy atom. The minimum Gasteiger partial charge on any atom is -0.466 e. The molecule has 36 heavy (non-hydrogen) atoms. The highest BCUT2D eigenvalue weighted by atomic mass is 32.2. The molecule has 1 saturated heterocycles. The second kappa shape index (κ2) is 9.16. The van der Waals surface area contributed by atoms with Gasteiger partial charge in [0.05, 0.1) is 17.2 Å². The van der Waals surface area contributed by atoms with Crippen LogP contribution in [0.5, 0.6) is 0 Å². The van der Waals surface area contributed by atoms with Gasteiger partial charge < -0.3 is 9.47 Å². The van der Waals surface area contributed by atoms with Gasteiger partial charge in [-0.25, -0.2) is 8.42 Å². The van der Waals surface area contributed by atoms with E-state index in [0.29, 0.717) is 16.8 Å². The van der Waals surface area contributed by atoms with Gasteiger partial charge in [-0.3, -0.25) is 14.5 Å². The van der Waals surface area contributed by atoms with E-state index in [1.165, 1.54) is 35.2 Å². The lowest BCUT2D eigenvalue weighted by Crippen LogP contribution is -2.53. The number of carbonyl (C=O) groups excluding carboxylic acids is 2. The lowest BCUT2D eigenvalue weighted by Gasteiger charge is -2.38. The smallest absolute Gasteiger partial charge is 0.302 e. The maximum atomic E-state index is 14.4. The van der Waals surface area contributed by atoms with E-state index in [-0.39, 0.29) is 23.8 Å². The van der Waals surface area contributed by atoms with Crippen LogP contribution in [-0.4, -0.2) is 37.4 Å². The van der Waals surface area contributed by atoms with Crippen LogP contribution in [0.4, 0.5) is 5.69 Å². The normalized spacial score (nSPS) is 23.2. The van der Waals surface area contributed by atoms with Gasteiger partial charge >= 0.3 is 5.97 Å². The van der Waals surface area contributed by atoms with Crippen molar-refractivity contribution >= 4 is 27.6 Å². The van der Waals surface area contributed by atoms with Crippen molar-refractivity contribution in [3.8, 4) is 0 Å². The number of ether oxygens (including phenoxy) is 2. The highest BCUT2D eigenvalue weighted by molar-refractivity contribution is 7.89. The van der Waals surface area contributed by atoms with Crippen molar-refractivity contribution in [2.24, 2.45) is 0 Å². The van der Waals surface area contributed by atoms with Crippen LogP contribution in [0, 0.1) is 0 Å². The van der Waals surface area contributed by atoms with Crippen LogP contribution < -0.4 is 4.90 Å². The summed E-state index contributed by atoms with van der Waals surface area (Å²) in [5.41, 5.74) is 0.472. The summed E-state index contributed by atoms with van der Waals surface area (Å²) in [5, 5.41) is 0. The Morgan fingerprint density at radius 3 is 2.17 bits per heavy atom. The largest absolute Gasteiger partial charge is 0.466 e. The van der Waals surface area contributed by atoms with Gasteiger partial charge in [-0.1, -0.05) is 66.7 Å². The molecule has 3 atom stereocenters. The van der Waals surface area contributed by atoms with E-state index in [9.17, 15) is 18.0 Å². The average Bonchev–Trinajstić information content (AvgIpc) is 3.34. The van der Waals surface area contributed by atoms with Gasteiger partial charge in [0.15, 0.2) is 12.5 Å². The van der Waals surface area contributed by atoms with Crippen LogP contribution in [-0.2, 0) is 34.6 Å². The summed E-state index contributed by atoms with van der Waals surface area (Å²) in [4.78, 5) is 26.2. The number of benzene rings is 3. The Labute approximate surface area is 210 Å². The lowest BCUT2D eigenvalue weighted by molar-refractivity contribution is -0.141. The zero-order chi connectivity index (χ0) is 25.5. The molecule has 5 rings (SSSR count). The quantitative estimate of drug-likeness (QED) is 0.470. The number of fused-ring (bicyclic) bond motifs is 3. The number of amides is 1. The number of hydrogen-bond acceptors (Lipinski definition) is 6. The van der Waals surface area contributed by atoms with Crippen LogP contribution in [0.2, 0.25) is 0 Å². The molecule has 9 heteroatoms. The molecule has 0 radical (unpaired) electrons. The van der Waals surface area contributed by atoms with E-state index >= 15 is 0 Å². The highest BCUT2D eigenvalue weighted by Gasteiger charge is 2.67. The number of hydrogen-bond donors (Lipinski definition) is 0. The minimum absolute atomic E-state index is 0.0579. The molecule has 0 bridgehead atoms. The molecule has 0 aromatic heterocycles. The number of sulfonamides is 1. The molecule has 1 unspecified atom stereocenters. The van der Waals surface area contributed by atoms with Crippen LogP contribution in [0.1, 0.15) is 37.6 Å². The van der Waals surface area contributed by atoms with E-state index in [0.717, 1.165) is 0 Å². The fraction of sp³-hybridized carbons (Fsp3) is 0.259. The Balaban J connectivity index is 1.79. The molecule has 8 nitrogen and oxygen atoms in total. The van der Waals surface area contributed by atoms with Crippen molar-refractivity contribution in [2.45, 2.75) is 43.2 Å². The van der Waals surface area contributed by atoms with Crippen molar-refractivity contribution in [1.29, 1.82) is 0 Å². The maximum Gasteiger partial charge on any atom is 0.302 e. The predicted molar refractivity (Wildman–Crippen MR) is 132 cm³/mol. The van der Waals surface area contributed by atoms with Crippen molar-refractivity contribution in [2.75, 3.05) is 11.5 Å². The van der Waals surface area contributed by atoms with E-state index in [2.05, 4.69) is 0 Å². The molecule has 0 spiro atoms. The van der Waals surface area contributed by atoms with Crippen molar-refractivity contribution in [1.82, 2.24) is 4.31 Å². The first-order valence-corrected chi connectivity index (χ1v) is 13.0. The molecule has 186 valence electrons. The van der Waals surface area contributed by atoms with Crippen LogP contribution >= 0.6 is 0 Å². The van der Waals surface area contributed by atoms with Gasteiger partial charge in [-0.15, -0.1) is 0 Å². The molecule has 2 aliphatic rings. The predicted octanol–water partition coefficient (Wildman–Crippen LogP) is 3.95. The average molecular weight is 507 g/mol. The molecule has 0 aliphatic carbocycles. The standard InChI is InChI=1S/C27H26N2O6S/c1-19(30)28-24-16-10-9-15-23(24)27(17-18-34-20(2)31)26(28)35-25(21-11-5-3-6-12-21)29(27)36(32,33)22-13-7-4-8-14-22/h3-16,25-26H,17-18H2,1-2H3/t25?,26-,27-/m0/s1. The van der Waals surface area contributed by atoms with E-state index in [1.807, 2.05) is 24.3 Å². The third-order valence-electron chi connectivity index (χ3n) is 6.65. The first-order chi connectivity index (χ1) is 17.3. The zero-order valence-corrected chi connectivity index (χ0v) is 20.7. The first kappa shape index (κ1) is 24.2. The monoisotopic (exact) mass is 506 g/mol.